The summed E-state index contributed by atoms with van der Waals surface area (Å²) < 4.78 is 0. The van der Waals surface area contributed by atoms with Gasteiger partial charge in [0, 0.05) is 0 Å². The van der Waals surface area contributed by atoms with E-state index in [-0.39, 0.29) is 11.5 Å². The van der Waals surface area contributed by atoms with Crippen molar-refractivity contribution in [1.82, 2.24) is 0 Å². The number of hydrogen-bond donors (Lipinski definition) is 1. The lowest BCUT2D eigenvalue weighted by Gasteiger charge is -2.35. The van der Waals surface area contributed by atoms with Crippen LogP contribution in [0.4, 0.5) is 0 Å². The molecule has 14 heavy (non-hydrogen) atoms. The van der Waals surface area contributed by atoms with Gasteiger partial charge in [0.05, 0.1) is 6.10 Å². The molecule has 0 bridgehead atoms. The van der Waals surface area contributed by atoms with Crippen LogP contribution in [0, 0.1) is 11.3 Å². The van der Waals surface area contributed by atoms with E-state index in [1.165, 1.54) is 24.8 Å². The van der Waals surface area contributed by atoms with Crippen molar-refractivity contribution in [3.8, 4) is 0 Å². The Bertz CT molecular complexity index is 254. The van der Waals surface area contributed by atoms with Crippen LogP contribution >= 0.6 is 0 Å². The minimum Gasteiger partial charge on any atom is -0.389 e. The summed E-state index contributed by atoms with van der Waals surface area (Å²) in [7, 11) is 0. The molecule has 0 saturated heterocycles. The first-order chi connectivity index (χ1) is 6.43. The predicted octanol–water partition coefficient (Wildman–Crippen LogP) is 3.29. The van der Waals surface area contributed by atoms with Crippen LogP contribution in [-0.2, 0) is 0 Å². The van der Waals surface area contributed by atoms with E-state index in [1.54, 1.807) is 13.0 Å². The van der Waals surface area contributed by atoms with Crippen LogP contribution in [0.3, 0.4) is 0 Å². The highest BCUT2D eigenvalue weighted by Crippen LogP contribution is 2.42. The third kappa shape index (κ3) is 2.73. The van der Waals surface area contributed by atoms with Crippen LogP contribution in [0.1, 0.15) is 47.0 Å². The quantitative estimate of drug-likeness (QED) is 0.635. The third-order valence-corrected chi connectivity index (χ3v) is 3.14. The van der Waals surface area contributed by atoms with Gasteiger partial charge in [-0.15, -0.1) is 5.73 Å². The van der Waals surface area contributed by atoms with Gasteiger partial charge in [0.2, 0.25) is 0 Å². The Morgan fingerprint density at radius 3 is 2.71 bits per heavy atom. The molecule has 1 unspecified atom stereocenters. The predicted molar refractivity (Wildman–Crippen MR) is 60.1 cm³/mol. The molecule has 0 heterocycles. The van der Waals surface area contributed by atoms with Gasteiger partial charge in [-0.05, 0) is 42.7 Å². The van der Waals surface area contributed by atoms with Crippen molar-refractivity contribution < 1.29 is 5.11 Å². The maximum atomic E-state index is 9.21. The SMILES string of the molecule is CC1CCCC(C)(C)C1=C=C[C@@H](C)O. The van der Waals surface area contributed by atoms with Gasteiger partial charge in [0.1, 0.15) is 0 Å². The maximum Gasteiger partial charge on any atom is 0.0766 e. The number of aliphatic hydroxyl groups excluding tert-OH is 1. The summed E-state index contributed by atoms with van der Waals surface area (Å²) in [5.74, 6) is 0.619. The highest BCUT2D eigenvalue weighted by Gasteiger charge is 2.30. The molecule has 1 rings (SSSR count). The van der Waals surface area contributed by atoms with Crippen LogP contribution in [-0.4, -0.2) is 11.2 Å². The Kier molecular flexibility index (Phi) is 3.58. The van der Waals surface area contributed by atoms with Crippen molar-refractivity contribution in [2.75, 3.05) is 0 Å². The van der Waals surface area contributed by atoms with E-state index in [4.69, 9.17) is 0 Å². The summed E-state index contributed by atoms with van der Waals surface area (Å²) in [5, 5.41) is 9.21. The molecule has 0 amide bonds. The van der Waals surface area contributed by atoms with Crippen molar-refractivity contribution in [3.63, 3.8) is 0 Å². The largest absolute Gasteiger partial charge is 0.389 e. The van der Waals surface area contributed by atoms with Crippen molar-refractivity contribution in [2.24, 2.45) is 11.3 Å². The van der Waals surface area contributed by atoms with Gasteiger partial charge in [0.15, 0.2) is 0 Å². The van der Waals surface area contributed by atoms with Gasteiger partial charge in [-0.25, -0.2) is 0 Å². The van der Waals surface area contributed by atoms with E-state index in [0.29, 0.717) is 5.92 Å². The minimum atomic E-state index is -0.382. The second-order valence-electron chi connectivity index (χ2n) is 5.14. The first-order valence-corrected chi connectivity index (χ1v) is 5.59. The Morgan fingerprint density at radius 1 is 1.57 bits per heavy atom. The number of rotatable bonds is 1. The molecule has 1 heteroatoms. The zero-order valence-corrected chi connectivity index (χ0v) is 9.80. The normalized spacial score (nSPS) is 28.1. The summed E-state index contributed by atoms with van der Waals surface area (Å²) in [6.07, 6.45) is 5.21. The molecule has 1 N–H and O–H groups in total. The number of aliphatic hydroxyl groups is 1. The average Bonchev–Trinajstić information content (AvgIpc) is 2.01. The summed E-state index contributed by atoms with van der Waals surface area (Å²) in [6.45, 7) is 8.59. The molecule has 0 aromatic rings. The van der Waals surface area contributed by atoms with Gasteiger partial charge in [-0.3, -0.25) is 0 Å². The summed E-state index contributed by atoms with van der Waals surface area (Å²) >= 11 is 0. The molecule has 0 spiro atoms. The molecule has 0 aromatic heterocycles. The fraction of sp³-hybridized carbons (Fsp3) is 0.769. The summed E-state index contributed by atoms with van der Waals surface area (Å²) in [5.41, 5.74) is 4.95. The molecule has 2 atom stereocenters. The molecule has 0 radical (unpaired) electrons. The lowest BCUT2D eigenvalue weighted by atomic mass is 9.69. The second-order valence-corrected chi connectivity index (χ2v) is 5.14. The van der Waals surface area contributed by atoms with Crippen molar-refractivity contribution in [3.05, 3.63) is 17.4 Å². The Morgan fingerprint density at radius 2 is 2.21 bits per heavy atom. The van der Waals surface area contributed by atoms with E-state index in [0.717, 1.165) is 0 Å². The molecule has 80 valence electrons. The van der Waals surface area contributed by atoms with E-state index in [1.807, 2.05) is 0 Å². The van der Waals surface area contributed by atoms with Gasteiger partial charge in [-0.2, -0.15) is 0 Å². The molecule has 0 aromatic carbocycles. The fourth-order valence-corrected chi connectivity index (χ4v) is 2.34. The van der Waals surface area contributed by atoms with E-state index < -0.39 is 0 Å². The van der Waals surface area contributed by atoms with Crippen LogP contribution in [0.5, 0.6) is 0 Å². The molecule has 1 aliphatic carbocycles. The summed E-state index contributed by atoms with van der Waals surface area (Å²) in [4.78, 5) is 0. The van der Waals surface area contributed by atoms with Crippen molar-refractivity contribution in [2.45, 2.75) is 53.1 Å². The molecular weight excluding hydrogens is 172 g/mol. The maximum absolute atomic E-state index is 9.21. The monoisotopic (exact) mass is 194 g/mol. The zero-order valence-electron chi connectivity index (χ0n) is 9.80. The second kappa shape index (κ2) is 4.33. The third-order valence-electron chi connectivity index (χ3n) is 3.14. The van der Waals surface area contributed by atoms with Gasteiger partial charge >= 0.3 is 0 Å². The first-order valence-electron chi connectivity index (χ1n) is 5.59. The summed E-state index contributed by atoms with van der Waals surface area (Å²) in [6, 6.07) is 0. The molecule has 0 aliphatic heterocycles. The lowest BCUT2D eigenvalue weighted by molar-refractivity contribution is 0.243. The minimum absolute atomic E-state index is 0.267. The number of hydrogen-bond acceptors (Lipinski definition) is 1. The Hall–Kier alpha value is -0.520. The topological polar surface area (TPSA) is 20.2 Å². The van der Waals surface area contributed by atoms with Crippen LogP contribution in [0.15, 0.2) is 17.4 Å². The van der Waals surface area contributed by atoms with E-state index in [2.05, 4.69) is 26.5 Å². The zero-order chi connectivity index (χ0) is 10.8. The average molecular weight is 194 g/mol. The Balaban J connectivity index is 2.96. The molecular formula is C13H22O. The van der Waals surface area contributed by atoms with E-state index in [9.17, 15) is 5.11 Å². The van der Waals surface area contributed by atoms with Crippen molar-refractivity contribution >= 4 is 0 Å². The lowest BCUT2D eigenvalue weighted by Crippen LogP contribution is -2.24. The molecule has 1 saturated carbocycles. The van der Waals surface area contributed by atoms with Gasteiger partial charge in [0.25, 0.3) is 0 Å². The highest BCUT2D eigenvalue weighted by molar-refractivity contribution is 5.17. The standard InChI is InChI=1S/C13H22O/c1-10-6-5-9-13(3,4)12(10)8-7-11(2)14/h7,10-11,14H,5-6,9H2,1-4H3/t8?,10?,11-/m1/s1. The fourth-order valence-electron chi connectivity index (χ4n) is 2.34. The van der Waals surface area contributed by atoms with Crippen LogP contribution in [0.25, 0.3) is 0 Å². The van der Waals surface area contributed by atoms with Crippen LogP contribution < -0.4 is 0 Å². The molecule has 1 nitrogen and oxygen atoms in total. The smallest absolute Gasteiger partial charge is 0.0766 e. The van der Waals surface area contributed by atoms with Gasteiger partial charge < -0.3 is 5.11 Å². The first kappa shape index (κ1) is 11.6. The molecule has 1 aliphatic rings. The highest BCUT2D eigenvalue weighted by atomic mass is 16.3. The Labute approximate surface area is 87.5 Å². The van der Waals surface area contributed by atoms with Gasteiger partial charge in [-0.1, -0.05) is 27.2 Å². The van der Waals surface area contributed by atoms with Crippen LogP contribution in [0.2, 0.25) is 0 Å². The van der Waals surface area contributed by atoms with E-state index >= 15 is 0 Å². The van der Waals surface area contributed by atoms with Crippen molar-refractivity contribution in [1.29, 1.82) is 0 Å². The molecule has 1 fully saturated rings.